The predicted octanol–water partition coefficient (Wildman–Crippen LogP) is 4.08. The average Bonchev–Trinajstić information content (AvgIpc) is 2.78. The highest BCUT2D eigenvalue weighted by Gasteiger charge is 2.12. The number of hydrogen-bond acceptors (Lipinski definition) is 3. The lowest BCUT2D eigenvalue weighted by Gasteiger charge is -2.17. The van der Waals surface area contributed by atoms with E-state index in [1.165, 1.54) is 5.56 Å². The van der Waals surface area contributed by atoms with E-state index in [2.05, 4.69) is 43.4 Å². The largest absolute Gasteiger partial charge is 0.491 e. The Kier molecular flexibility index (Phi) is 4.89. The molecule has 0 aliphatic rings. The smallest absolute Gasteiger partial charge is 0.121 e. The van der Waals surface area contributed by atoms with Crippen LogP contribution in [0.1, 0.15) is 44.5 Å². The molecule has 1 N–H and O–H groups in total. The van der Waals surface area contributed by atoms with Gasteiger partial charge < -0.3 is 10.1 Å². The van der Waals surface area contributed by atoms with E-state index in [0.29, 0.717) is 0 Å². The molecule has 4 nitrogen and oxygen atoms in total. The molecule has 0 saturated carbocycles. The van der Waals surface area contributed by atoms with Crippen molar-refractivity contribution in [1.29, 1.82) is 0 Å². The number of anilines is 1. The number of benzene rings is 1. The highest BCUT2D eigenvalue weighted by molar-refractivity contribution is 5.50. The van der Waals surface area contributed by atoms with Crippen LogP contribution >= 0.6 is 0 Å². The summed E-state index contributed by atoms with van der Waals surface area (Å²) >= 11 is 0. The van der Waals surface area contributed by atoms with Gasteiger partial charge in [-0.3, -0.25) is 4.68 Å². The van der Waals surface area contributed by atoms with E-state index in [1.807, 2.05) is 36.9 Å². The maximum Gasteiger partial charge on any atom is 0.121 e. The molecule has 0 saturated heterocycles. The molecular formula is C17H25N3O. The molecule has 2 unspecified atom stereocenters. The Morgan fingerprint density at radius 3 is 2.71 bits per heavy atom. The van der Waals surface area contributed by atoms with Crippen molar-refractivity contribution < 1.29 is 4.74 Å². The molecule has 0 radical (unpaired) electrons. The van der Waals surface area contributed by atoms with Crippen molar-refractivity contribution in [2.75, 3.05) is 5.32 Å². The summed E-state index contributed by atoms with van der Waals surface area (Å²) in [5.74, 6) is 0.907. The van der Waals surface area contributed by atoms with Crippen LogP contribution in [0.25, 0.3) is 0 Å². The van der Waals surface area contributed by atoms with Crippen molar-refractivity contribution in [2.24, 2.45) is 7.05 Å². The summed E-state index contributed by atoms with van der Waals surface area (Å²) in [7, 11) is 1.95. The molecule has 0 aliphatic carbocycles. The molecule has 114 valence electrons. The topological polar surface area (TPSA) is 39.1 Å². The van der Waals surface area contributed by atoms with Gasteiger partial charge in [0.2, 0.25) is 0 Å². The lowest BCUT2D eigenvalue weighted by molar-refractivity contribution is 0.217. The van der Waals surface area contributed by atoms with E-state index in [1.54, 1.807) is 0 Å². The highest BCUT2D eigenvalue weighted by atomic mass is 16.5. The summed E-state index contributed by atoms with van der Waals surface area (Å²) in [6.45, 7) is 8.39. The van der Waals surface area contributed by atoms with E-state index in [-0.39, 0.29) is 12.1 Å². The molecule has 2 atom stereocenters. The lowest BCUT2D eigenvalue weighted by Crippen LogP contribution is -2.10. The summed E-state index contributed by atoms with van der Waals surface area (Å²) in [4.78, 5) is 0. The first-order chi connectivity index (χ1) is 9.99. The summed E-state index contributed by atoms with van der Waals surface area (Å²) < 4.78 is 7.72. The van der Waals surface area contributed by atoms with Crippen molar-refractivity contribution in [3.63, 3.8) is 0 Å². The Bertz CT molecular complexity index is 591. The third kappa shape index (κ3) is 4.00. The van der Waals surface area contributed by atoms with Gasteiger partial charge in [-0.2, -0.15) is 5.10 Å². The van der Waals surface area contributed by atoms with Crippen LogP contribution in [0.4, 0.5) is 5.69 Å². The van der Waals surface area contributed by atoms with E-state index in [4.69, 9.17) is 4.74 Å². The van der Waals surface area contributed by atoms with Crippen molar-refractivity contribution >= 4 is 5.69 Å². The van der Waals surface area contributed by atoms with E-state index < -0.39 is 0 Å². The molecule has 0 bridgehead atoms. The van der Waals surface area contributed by atoms with Gasteiger partial charge >= 0.3 is 0 Å². The average molecular weight is 287 g/mol. The zero-order valence-electron chi connectivity index (χ0n) is 13.6. The minimum absolute atomic E-state index is 0.206. The summed E-state index contributed by atoms with van der Waals surface area (Å²) in [6.07, 6.45) is 3.30. The van der Waals surface area contributed by atoms with Crippen molar-refractivity contribution in [1.82, 2.24) is 9.78 Å². The van der Waals surface area contributed by atoms with Gasteiger partial charge in [0.25, 0.3) is 0 Å². The number of aryl methyl sites for hydroxylation is 2. The molecule has 2 rings (SSSR count). The third-order valence-corrected chi connectivity index (χ3v) is 3.65. The minimum Gasteiger partial charge on any atom is -0.491 e. The van der Waals surface area contributed by atoms with Crippen molar-refractivity contribution in [3.05, 3.63) is 41.7 Å². The summed E-state index contributed by atoms with van der Waals surface area (Å²) in [5.41, 5.74) is 3.34. The van der Waals surface area contributed by atoms with Gasteiger partial charge in [0.05, 0.1) is 17.8 Å². The minimum atomic E-state index is 0.206. The molecule has 1 aromatic heterocycles. The second-order valence-corrected chi connectivity index (χ2v) is 5.57. The molecule has 1 aromatic carbocycles. The lowest BCUT2D eigenvalue weighted by atomic mass is 10.1. The van der Waals surface area contributed by atoms with Crippen molar-refractivity contribution in [2.45, 2.75) is 46.3 Å². The molecule has 2 aromatic rings. The Balaban J connectivity index is 2.09. The monoisotopic (exact) mass is 287 g/mol. The van der Waals surface area contributed by atoms with Crippen LogP contribution in [0.15, 0.2) is 30.5 Å². The van der Waals surface area contributed by atoms with Crippen LogP contribution in [0, 0.1) is 6.92 Å². The van der Waals surface area contributed by atoms with Gasteiger partial charge in [-0.25, -0.2) is 0 Å². The van der Waals surface area contributed by atoms with Crippen LogP contribution in [0.3, 0.4) is 0 Å². The number of ether oxygens (including phenoxy) is 1. The van der Waals surface area contributed by atoms with Gasteiger partial charge in [-0.05, 0) is 39.3 Å². The van der Waals surface area contributed by atoms with Gasteiger partial charge in [0.1, 0.15) is 5.75 Å². The number of hydrogen-bond donors (Lipinski definition) is 1. The number of nitrogens with one attached hydrogen (secondary N) is 1. The van der Waals surface area contributed by atoms with Gasteiger partial charge in [0.15, 0.2) is 0 Å². The molecule has 0 spiro atoms. The van der Waals surface area contributed by atoms with Gasteiger partial charge in [-0.1, -0.05) is 13.0 Å². The van der Waals surface area contributed by atoms with Crippen molar-refractivity contribution in [3.8, 4) is 5.75 Å². The molecular weight excluding hydrogens is 262 g/mol. The van der Waals surface area contributed by atoms with Crippen LogP contribution in [0.2, 0.25) is 0 Å². The zero-order valence-corrected chi connectivity index (χ0v) is 13.6. The Labute approximate surface area is 127 Å². The predicted molar refractivity (Wildman–Crippen MR) is 86.8 cm³/mol. The molecule has 1 heterocycles. The fraction of sp³-hybridized carbons (Fsp3) is 0.471. The van der Waals surface area contributed by atoms with Gasteiger partial charge in [-0.15, -0.1) is 0 Å². The van der Waals surface area contributed by atoms with Crippen LogP contribution < -0.4 is 10.1 Å². The van der Waals surface area contributed by atoms with Gasteiger partial charge in [0, 0.05) is 30.6 Å². The second kappa shape index (κ2) is 6.66. The number of aromatic nitrogens is 2. The van der Waals surface area contributed by atoms with Crippen LogP contribution in [0.5, 0.6) is 5.75 Å². The fourth-order valence-corrected chi connectivity index (χ4v) is 2.35. The quantitative estimate of drug-likeness (QED) is 0.870. The normalized spacial score (nSPS) is 13.8. The van der Waals surface area contributed by atoms with Crippen LogP contribution in [-0.2, 0) is 7.05 Å². The Morgan fingerprint density at radius 1 is 1.33 bits per heavy atom. The fourth-order valence-electron chi connectivity index (χ4n) is 2.35. The third-order valence-electron chi connectivity index (χ3n) is 3.65. The number of nitrogens with zero attached hydrogens (tertiary/aromatic N) is 2. The Hall–Kier alpha value is -1.97. The summed E-state index contributed by atoms with van der Waals surface area (Å²) in [5, 5.41) is 7.90. The number of rotatable bonds is 6. The maximum atomic E-state index is 5.86. The van der Waals surface area contributed by atoms with E-state index >= 15 is 0 Å². The second-order valence-electron chi connectivity index (χ2n) is 5.57. The molecule has 0 aliphatic heterocycles. The van der Waals surface area contributed by atoms with E-state index in [0.717, 1.165) is 23.6 Å². The Morgan fingerprint density at radius 2 is 2.10 bits per heavy atom. The first kappa shape index (κ1) is 15.4. The SMILES string of the molecule is CCC(C)Oc1cccc(NC(C)c2cn(C)nc2C)c1. The first-order valence-electron chi connectivity index (χ1n) is 7.53. The first-order valence-corrected chi connectivity index (χ1v) is 7.53. The maximum absolute atomic E-state index is 5.86. The molecule has 4 heteroatoms. The molecule has 0 fully saturated rings. The molecule has 0 amide bonds. The van der Waals surface area contributed by atoms with E-state index in [9.17, 15) is 0 Å². The highest BCUT2D eigenvalue weighted by Crippen LogP contribution is 2.24. The summed E-state index contributed by atoms with van der Waals surface area (Å²) in [6, 6.07) is 8.33. The standard InChI is InChI=1S/C17H25N3O/c1-6-12(2)21-16-9-7-8-15(10-16)18-13(3)17-11-20(5)19-14(17)4/h7-13,18H,6H2,1-5H3. The van der Waals surface area contributed by atoms with Crippen LogP contribution in [-0.4, -0.2) is 15.9 Å². The molecule has 21 heavy (non-hydrogen) atoms. The zero-order chi connectivity index (χ0) is 15.4.